The fourth-order valence-corrected chi connectivity index (χ4v) is 2.56. The Kier molecular flexibility index (Phi) is 10.6. The highest BCUT2D eigenvalue weighted by atomic mass is 127. The van der Waals surface area contributed by atoms with E-state index in [0.717, 1.165) is 23.3 Å². The number of hydrogen-bond acceptors (Lipinski definition) is 2. The summed E-state index contributed by atoms with van der Waals surface area (Å²) in [5.41, 5.74) is 1.34. The van der Waals surface area contributed by atoms with E-state index in [4.69, 9.17) is 0 Å². The number of amides is 1. The third-order valence-electron chi connectivity index (χ3n) is 4.03. The molecule has 5 nitrogen and oxygen atoms in total. The SMILES string of the molecule is CCNC(=NCC(=O)Nc1ccc(F)c(F)c1F)NCCc1ccc(F)cc1C.I. The summed E-state index contributed by atoms with van der Waals surface area (Å²) in [5, 5.41) is 8.15. The Bertz CT molecular complexity index is 909. The number of halogens is 5. The average molecular weight is 538 g/mol. The van der Waals surface area contributed by atoms with E-state index in [2.05, 4.69) is 20.9 Å². The first-order valence-corrected chi connectivity index (χ1v) is 9.02. The first-order valence-electron chi connectivity index (χ1n) is 9.02. The molecule has 2 aromatic rings. The zero-order chi connectivity index (χ0) is 21.4. The molecule has 3 N–H and O–H groups in total. The number of anilines is 1. The highest BCUT2D eigenvalue weighted by molar-refractivity contribution is 14.0. The van der Waals surface area contributed by atoms with Crippen molar-refractivity contribution in [3.63, 3.8) is 0 Å². The van der Waals surface area contributed by atoms with E-state index in [-0.39, 0.29) is 36.3 Å². The van der Waals surface area contributed by atoms with E-state index >= 15 is 0 Å². The van der Waals surface area contributed by atoms with Crippen LogP contribution in [-0.4, -0.2) is 31.5 Å². The maximum Gasteiger partial charge on any atom is 0.246 e. The molecule has 0 spiro atoms. The minimum absolute atomic E-state index is 0. The third-order valence-corrected chi connectivity index (χ3v) is 4.03. The van der Waals surface area contributed by atoms with E-state index in [0.29, 0.717) is 25.5 Å². The Hall–Kier alpha value is -2.37. The largest absolute Gasteiger partial charge is 0.357 e. The molecule has 0 aliphatic carbocycles. The minimum Gasteiger partial charge on any atom is -0.357 e. The van der Waals surface area contributed by atoms with Gasteiger partial charge in [-0.25, -0.2) is 22.6 Å². The van der Waals surface area contributed by atoms with Crippen LogP contribution >= 0.6 is 24.0 Å². The second-order valence-corrected chi connectivity index (χ2v) is 6.21. The van der Waals surface area contributed by atoms with Gasteiger partial charge in [0.25, 0.3) is 0 Å². The Balaban J connectivity index is 0.00000450. The summed E-state index contributed by atoms with van der Waals surface area (Å²) in [4.78, 5) is 16.0. The summed E-state index contributed by atoms with van der Waals surface area (Å²) in [5.74, 6) is -5.10. The number of carbonyl (C=O) groups excluding carboxylic acids is 1. The predicted octanol–water partition coefficient (Wildman–Crippen LogP) is 3.91. The van der Waals surface area contributed by atoms with Crippen molar-refractivity contribution < 1.29 is 22.4 Å². The predicted molar refractivity (Wildman–Crippen MR) is 119 cm³/mol. The molecule has 1 amide bonds. The van der Waals surface area contributed by atoms with Gasteiger partial charge in [0.05, 0.1) is 5.69 Å². The summed E-state index contributed by atoms with van der Waals surface area (Å²) in [6, 6.07) is 6.21. The van der Waals surface area contributed by atoms with Gasteiger partial charge in [-0.15, -0.1) is 24.0 Å². The van der Waals surface area contributed by atoms with Gasteiger partial charge in [0.2, 0.25) is 5.91 Å². The van der Waals surface area contributed by atoms with Crippen molar-refractivity contribution in [2.24, 2.45) is 4.99 Å². The van der Waals surface area contributed by atoms with Gasteiger partial charge >= 0.3 is 0 Å². The normalized spacial score (nSPS) is 10.9. The van der Waals surface area contributed by atoms with Crippen LogP contribution in [0.1, 0.15) is 18.1 Å². The molecule has 0 aliphatic heterocycles. The van der Waals surface area contributed by atoms with Crippen LogP contribution in [-0.2, 0) is 11.2 Å². The van der Waals surface area contributed by atoms with Crippen molar-refractivity contribution in [3.05, 3.63) is 64.7 Å². The molecule has 0 saturated heterocycles. The molecule has 0 aliphatic rings. The first-order chi connectivity index (χ1) is 13.8. The summed E-state index contributed by atoms with van der Waals surface area (Å²) in [6.45, 7) is 4.33. The van der Waals surface area contributed by atoms with Crippen LogP contribution in [0, 0.1) is 30.2 Å². The number of aryl methyl sites for hydroxylation is 1. The smallest absolute Gasteiger partial charge is 0.246 e. The maximum atomic E-state index is 13.6. The van der Waals surface area contributed by atoms with Gasteiger partial charge < -0.3 is 16.0 Å². The van der Waals surface area contributed by atoms with Gasteiger partial charge in [-0.1, -0.05) is 6.07 Å². The number of benzene rings is 2. The molecule has 2 rings (SSSR count). The Morgan fingerprint density at radius 1 is 1.03 bits per heavy atom. The van der Waals surface area contributed by atoms with E-state index in [1.54, 1.807) is 6.07 Å². The molecule has 164 valence electrons. The van der Waals surface area contributed by atoms with Crippen molar-refractivity contribution in [2.75, 3.05) is 25.0 Å². The first kappa shape index (κ1) is 25.7. The number of aliphatic imine (C=N–C) groups is 1. The van der Waals surface area contributed by atoms with Crippen molar-refractivity contribution in [1.29, 1.82) is 0 Å². The number of carbonyl (C=O) groups is 1. The lowest BCUT2D eigenvalue weighted by Gasteiger charge is -2.12. The fraction of sp³-hybridized carbons (Fsp3) is 0.300. The molecule has 0 fully saturated rings. The third kappa shape index (κ3) is 7.47. The molecule has 10 heteroatoms. The lowest BCUT2D eigenvalue weighted by Crippen LogP contribution is -2.39. The van der Waals surface area contributed by atoms with E-state index in [9.17, 15) is 22.4 Å². The second kappa shape index (κ2) is 12.4. The van der Waals surface area contributed by atoms with Gasteiger partial charge in [-0.2, -0.15) is 0 Å². The van der Waals surface area contributed by atoms with Gasteiger partial charge in [-0.3, -0.25) is 4.79 Å². The molecule has 2 aromatic carbocycles. The van der Waals surface area contributed by atoms with E-state index in [1.165, 1.54) is 12.1 Å². The highest BCUT2D eigenvalue weighted by Gasteiger charge is 2.15. The number of nitrogens with zero attached hydrogens (tertiary/aromatic N) is 1. The number of guanidine groups is 1. The standard InChI is InChI=1S/C20H22F4N4O.HI/c1-3-25-20(26-9-8-13-4-5-14(21)10-12(13)2)27-11-17(29)28-16-7-6-15(22)18(23)19(16)24;/h4-7,10H,3,8-9,11H2,1-2H3,(H,28,29)(H2,25,26,27);1H. The summed E-state index contributed by atoms with van der Waals surface area (Å²) in [6.07, 6.45) is 0.614. The fourth-order valence-electron chi connectivity index (χ4n) is 2.56. The van der Waals surface area contributed by atoms with Crippen LogP contribution in [0.15, 0.2) is 35.3 Å². The number of nitrogens with one attached hydrogen (secondary N) is 3. The molecule has 0 heterocycles. The van der Waals surface area contributed by atoms with Crippen LogP contribution in [0.3, 0.4) is 0 Å². The molecule has 0 saturated carbocycles. The molecule has 0 unspecified atom stereocenters. The molecule has 0 radical (unpaired) electrons. The topological polar surface area (TPSA) is 65.5 Å². The summed E-state index contributed by atoms with van der Waals surface area (Å²) >= 11 is 0. The zero-order valence-electron chi connectivity index (χ0n) is 16.5. The van der Waals surface area contributed by atoms with Gasteiger partial charge in [0.1, 0.15) is 12.4 Å². The Labute approximate surface area is 189 Å². The maximum absolute atomic E-state index is 13.6. The van der Waals surface area contributed by atoms with E-state index < -0.39 is 29.0 Å². The van der Waals surface area contributed by atoms with Crippen molar-refractivity contribution in [3.8, 4) is 0 Å². The van der Waals surface area contributed by atoms with E-state index in [1.807, 2.05) is 13.8 Å². The quantitative estimate of drug-likeness (QED) is 0.165. The average Bonchev–Trinajstić information content (AvgIpc) is 2.68. The van der Waals surface area contributed by atoms with Crippen molar-refractivity contribution in [1.82, 2.24) is 10.6 Å². The Morgan fingerprint density at radius 3 is 2.43 bits per heavy atom. The van der Waals surface area contributed by atoms with Crippen LogP contribution in [0.4, 0.5) is 23.2 Å². The van der Waals surface area contributed by atoms with Crippen molar-refractivity contribution in [2.45, 2.75) is 20.3 Å². The molecular formula is C20H23F4IN4O. The van der Waals surface area contributed by atoms with Crippen LogP contribution in [0.25, 0.3) is 0 Å². The lowest BCUT2D eigenvalue weighted by molar-refractivity contribution is -0.114. The van der Waals surface area contributed by atoms with Crippen LogP contribution in [0.2, 0.25) is 0 Å². The number of rotatable bonds is 7. The monoisotopic (exact) mass is 538 g/mol. The lowest BCUT2D eigenvalue weighted by atomic mass is 10.1. The summed E-state index contributed by atoms with van der Waals surface area (Å²) < 4.78 is 52.9. The molecule has 0 aromatic heterocycles. The number of hydrogen-bond donors (Lipinski definition) is 3. The van der Waals surface area contributed by atoms with Crippen molar-refractivity contribution >= 4 is 41.5 Å². The van der Waals surface area contributed by atoms with Crippen LogP contribution in [0.5, 0.6) is 0 Å². The second-order valence-electron chi connectivity index (χ2n) is 6.21. The zero-order valence-corrected chi connectivity index (χ0v) is 18.8. The highest BCUT2D eigenvalue weighted by Crippen LogP contribution is 2.19. The Morgan fingerprint density at radius 2 is 1.77 bits per heavy atom. The molecule has 0 bridgehead atoms. The summed E-state index contributed by atoms with van der Waals surface area (Å²) in [7, 11) is 0. The van der Waals surface area contributed by atoms with Gasteiger partial charge in [-0.05, 0) is 55.7 Å². The van der Waals surface area contributed by atoms with Crippen LogP contribution < -0.4 is 16.0 Å². The van der Waals surface area contributed by atoms with Gasteiger partial charge in [0, 0.05) is 13.1 Å². The molecule has 0 atom stereocenters. The molecule has 30 heavy (non-hydrogen) atoms. The molecular weight excluding hydrogens is 515 g/mol. The minimum atomic E-state index is -1.66. The van der Waals surface area contributed by atoms with Gasteiger partial charge in [0.15, 0.2) is 23.4 Å².